The van der Waals surface area contributed by atoms with Crippen LogP contribution in [0.1, 0.15) is 262 Å². The Labute approximate surface area is 795 Å². The molecule has 10 amide bonds. The third kappa shape index (κ3) is 19.3. The number of benzene rings is 4. The molecule has 4 saturated carbocycles. The van der Waals surface area contributed by atoms with E-state index in [4.69, 9.17) is 17.3 Å². The molecule has 8 aliphatic rings. The highest BCUT2D eigenvalue weighted by molar-refractivity contribution is 7.09. The number of nitrogens with one attached hydrogen (secondary N) is 9. The molecule has 0 spiro atoms. The fourth-order valence-corrected chi connectivity index (χ4v) is 20.8. The quantitative estimate of drug-likeness (QED) is 0.0137. The average Bonchev–Trinajstić information content (AvgIpc) is 1.46. The number of alkyl halides is 8. The molecule has 0 saturated heterocycles. The Kier molecular flexibility index (Phi) is 27.4. The second kappa shape index (κ2) is 38.3. The summed E-state index contributed by atoms with van der Waals surface area (Å²) in [6, 6.07) is 21.1. The van der Waals surface area contributed by atoms with Crippen LogP contribution in [-0.2, 0) is 91.7 Å². The van der Waals surface area contributed by atoms with E-state index in [0.717, 1.165) is 42.5 Å². The summed E-state index contributed by atoms with van der Waals surface area (Å²) in [4.78, 5) is 181. The maximum absolute atomic E-state index is 13.6. The standard InChI is InChI=1S/C24H25ClF2N4O4.C24H24F4N4O4.C24H23F2N5O3S.C23H23N5O3S/c1-12-6-7-14(9-15(12)25)29-20(33)17-13(2)18(31-8-4-5-16(17)31)19(32)21(34)30-23(22(35)28-3)10-24(26,27)11-23;1-11-5-6-13(8-14(11)19(25)26)30-20(34)16-12(2)17(32-7-3-4-15(16)32)18(33)21(35)31-23(22(29)36)9-24(27,28)10-23;1-12-5-6-14(10-15(12)20(25)26)28-21(33)17-13(2)18(31-9-3-4-16(17)31)19(32)22(34)29-24(7-8-24)23-30-27-11-35-23;1-13-5-7-15(8-6-13)25-20(30)17-14(2)18(28-11-3-4-16(17)28)19(29)21(31)26-23(9-10-23)22-27-24-12-32-22/h6-7,9H,4-5,8,10-11H2,1-3H3,(H,28,35)(H,29,33)(H,30,34);5-6,8,19H,3-4,7,9-10H2,1-2H3,(H2,29,36)(H,30,34)(H,31,35);5-6,10-11,20H,3-4,7-9H2,1-2H3,(H,28,33)(H,29,34);5-8,12H,3-4,9-11H2,1-2H3,(H,25,30)(H,26,31). The molecule has 6 aromatic heterocycles. The summed E-state index contributed by atoms with van der Waals surface area (Å²) in [6.07, 6.45) is -1.35. The van der Waals surface area contributed by atoms with Gasteiger partial charge in [0.25, 0.3) is 95.1 Å². The van der Waals surface area contributed by atoms with Crippen LogP contribution >= 0.6 is 34.3 Å². The molecule has 4 aromatic carbocycles. The molecule has 32 nitrogen and oxygen atoms in total. The van der Waals surface area contributed by atoms with E-state index in [0.29, 0.717) is 166 Å². The SMILES string of the molecule is CNC(=O)C1(NC(=O)C(=O)c2c(C)c(C(=O)Nc3ccc(C)c(Cl)c3)c3n2CCC3)CC(F)(F)C1.Cc1ccc(NC(=O)c2c(C)c(C(=O)C(=O)NC3(C(N)=O)CC(F)(F)C3)n3c2CCC3)cc1C(F)F.Cc1ccc(NC(=O)c2c(C)c(C(=O)C(=O)NC3(c4nncs4)CC3)n3c2CCC3)cc1.Cc1ccc(NC(=O)c2c(C)c(C(=O)C(=O)NC3(c4nncs4)CC3)n3c2CCC3)cc1C(F)F. The molecule has 4 aliphatic heterocycles. The maximum atomic E-state index is 13.6. The minimum Gasteiger partial charge on any atom is -0.368 e. The third-order valence-corrected chi connectivity index (χ3v) is 28.5. The average molecular weight is 1960 g/mol. The van der Waals surface area contributed by atoms with E-state index in [1.807, 2.05) is 42.7 Å². The normalized spacial score (nSPS) is 16.5. The smallest absolute Gasteiger partial charge is 0.294 e. The number of carbonyl (C=O) groups excluding carboxylic acids is 14. The molecule has 0 radical (unpaired) electrons. The molecular weight excluding hydrogens is 1870 g/mol. The Morgan fingerprint density at radius 1 is 0.406 bits per heavy atom. The molecule has 10 heterocycles. The van der Waals surface area contributed by atoms with E-state index in [2.05, 4.69) is 68.2 Å². The number of nitrogens with zero attached hydrogens (tertiary/aromatic N) is 8. The number of hydrogen-bond acceptors (Lipinski definition) is 20. The molecular formula is C95H95ClF8N18O14S2. The molecule has 10 aromatic rings. The number of anilines is 4. The summed E-state index contributed by atoms with van der Waals surface area (Å²) in [6.45, 7) is 15.2. The van der Waals surface area contributed by atoms with Crippen LogP contribution in [0.15, 0.2) is 89.9 Å². The van der Waals surface area contributed by atoms with Gasteiger partial charge in [0, 0.05) is 121 Å². The molecule has 4 fully saturated rings. The van der Waals surface area contributed by atoms with Gasteiger partial charge in [0.2, 0.25) is 11.8 Å². The Morgan fingerprint density at radius 2 is 0.703 bits per heavy atom. The lowest BCUT2D eigenvalue weighted by Crippen LogP contribution is -2.69. The van der Waals surface area contributed by atoms with Gasteiger partial charge >= 0.3 is 0 Å². The van der Waals surface area contributed by atoms with Crippen LogP contribution < -0.4 is 53.6 Å². The van der Waals surface area contributed by atoms with Crippen molar-refractivity contribution < 1.29 is 102 Å². The van der Waals surface area contributed by atoms with Crippen LogP contribution in [0.2, 0.25) is 5.02 Å². The first kappa shape index (κ1) is 98.7. The highest BCUT2D eigenvalue weighted by Gasteiger charge is 2.63. The number of likely N-dealkylation sites (N-methyl/N-ethyl adjacent to an activating group) is 1. The van der Waals surface area contributed by atoms with Crippen LogP contribution in [0.5, 0.6) is 0 Å². The van der Waals surface area contributed by atoms with Crippen molar-refractivity contribution in [3.05, 3.63) is 228 Å². The lowest BCUT2D eigenvalue weighted by atomic mass is 9.72. The van der Waals surface area contributed by atoms with Gasteiger partial charge in [0.15, 0.2) is 0 Å². The van der Waals surface area contributed by atoms with Crippen molar-refractivity contribution in [3.8, 4) is 0 Å². The number of halogens is 9. The topological polar surface area (TPSA) is 445 Å². The summed E-state index contributed by atoms with van der Waals surface area (Å²) >= 11 is 8.84. The Balaban J connectivity index is 0.000000140. The van der Waals surface area contributed by atoms with Crippen molar-refractivity contribution >= 4 is 139 Å². The fraction of sp³-hybridized carbons (Fsp3) is 0.389. The monoisotopic (exact) mass is 1960 g/mol. The van der Waals surface area contributed by atoms with Crippen LogP contribution in [0.25, 0.3) is 0 Å². The predicted molar refractivity (Wildman–Crippen MR) is 490 cm³/mol. The van der Waals surface area contributed by atoms with Gasteiger partial charge in [-0.25, -0.2) is 35.1 Å². The number of aromatic nitrogens is 8. The number of aryl methyl sites for hydroxylation is 4. The van der Waals surface area contributed by atoms with Crippen molar-refractivity contribution in [2.45, 2.75) is 231 Å². The van der Waals surface area contributed by atoms with Gasteiger partial charge in [-0.3, -0.25) is 67.1 Å². The summed E-state index contributed by atoms with van der Waals surface area (Å²) in [5, 5.41) is 40.9. The number of rotatable bonds is 26. The molecule has 11 N–H and O–H groups in total. The van der Waals surface area contributed by atoms with Gasteiger partial charge in [0.1, 0.15) is 32.1 Å². The van der Waals surface area contributed by atoms with Crippen molar-refractivity contribution in [3.63, 3.8) is 0 Å². The van der Waals surface area contributed by atoms with Gasteiger partial charge in [0.05, 0.1) is 56.1 Å². The van der Waals surface area contributed by atoms with Crippen molar-refractivity contribution in [2.24, 2.45) is 5.73 Å². The van der Waals surface area contributed by atoms with E-state index in [9.17, 15) is 102 Å². The second-order valence-electron chi connectivity index (χ2n) is 35.9. The molecule has 18 rings (SSSR count). The first-order chi connectivity index (χ1) is 65.3. The molecule has 138 heavy (non-hydrogen) atoms. The van der Waals surface area contributed by atoms with E-state index in [1.165, 1.54) is 78.5 Å². The summed E-state index contributed by atoms with van der Waals surface area (Å²) in [7, 11) is 1.27. The van der Waals surface area contributed by atoms with Gasteiger partial charge < -0.3 is 71.9 Å². The van der Waals surface area contributed by atoms with Crippen molar-refractivity contribution in [1.82, 2.24) is 65.2 Å². The van der Waals surface area contributed by atoms with Crippen LogP contribution in [-0.4, -0.2) is 151 Å². The molecule has 43 heteroatoms. The number of Topliss-reactive ketones (excluding diaryl/α,β-unsaturated/α-hetero) is 4. The summed E-state index contributed by atoms with van der Waals surface area (Å²) < 4.78 is 114. The number of hydrogen-bond donors (Lipinski definition) is 10. The molecule has 0 bridgehead atoms. The molecule has 0 atom stereocenters. The van der Waals surface area contributed by atoms with E-state index < -0.39 is 149 Å². The highest BCUT2D eigenvalue weighted by Crippen LogP contribution is 2.50. The predicted octanol–water partition coefficient (Wildman–Crippen LogP) is 13.6. The first-order valence-electron chi connectivity index (χ1n) is 44.3. The largest absolute Gasteiger partial charge is 0.368 e. The maximum Gasteiger partial charge on any atom is 0.294 e. The number of carbonyl (C=O) groups is 14. The minimum atomic E-state index is -3.19. The number of primary amides is 1. The van der Waals surface area contributed by atoms with E-state index in [1.54, 1.807) is 72.1 Å². The van der Waals surface area contributed by atoms with Gasteiger partial charge in [-0.15, -0.1) is 43.1 Å². The molecule has 724 valence electrons. The number of ketones is 4. The number of fused-ring (bicyclic) bond motifs is 4. The Bertz CT molecular complexity index is 6720. The number of amides is 10. The fourth-order valence-electron chi connectivity index (χ4n) is 19.1. The highest BCUT2D eigenvalue weighted by atomic mass is 35.5. The molecule has 4 aliphatic carbocycles. The van der Waals surface area contributed by atoms with Gasteiger partial charge in [-0.05, 0) is 220 Å². The van der Waals surface area contributed by atoms with Crippen molar-refractivity contribution in [2.75, 3.05) is 28.3 Å². The Hall–Kier alpha value is -13.8. The van der Waals surface area contributed by atoms with E-state index in [-0.39, 0.29) is 62.2 Å². The van der Waals surface area contributed by atoms with Crippen LogP contribution in [0.4, 0.5) is 57.9 Å². The molecule has 0 unspecified atom stereocenters. The van der Waals surface area contributed by atoms with Crippen molar-refractivity contribution in [1.29, 1.82) is 0 Å². The zero-order valence-electron chi connectivity index (χ0n) is 76.0. The van der Waals surface area contributed by atoms with E-state index >= 15 is 0 Å². The number of nitrogens with two attached hydrogens (primary N) is 1. The zero-order valence-corrected chi connectivity index (χ0v) is 78.4. The summed E-state index contributed by atoms with van der Waals surface area (Å²) in [5.41, 5.74) is 12.8. The first-order valence-corrected chi connectivity index (χ1v) is 46.4. The minimum absolute atomic E-state index is 0.0141. The third-order valence-electron chi connectivity index (χ3n) is 26.3. The zero-order chi connectivity index (χ0) is 99.6. The lowest BCUT2D eigenvalue weighted by molar-refractivity contribution is -0.164. The van der Waals surface area contributed by atoms with Gasteiger partial charge in [-0.1, -0.05) is 47.5 Å². The lowest BCUT2D eigenvalue weighted by Gasteiger charge is -2.45. The van der Waals surface area contributed by atoms with Gasteiger partial charge in [-0.2, -0.15) is 0 Å². The summed E-state index contributed by atoms with van der Waals surface area (Å²) in [5.74, 6) is -17.4. The Morgan fingerprint density at radius 3 is 0.993 bits per heavy atom. The second-order valence-corrected chi connectivity index (χ2v) is 38.0. The van der Waals surface area contributed by atoms with Crippen LogP contribution in [0.3, 0.4) is 0 Å². The van der Waals surface area contributed by atoms with Crippen LogP contribution in [0, 0.1) is 55.4 Å².